The van der Waals surface area contributed by atoms with Gasteiger partial charge in [-0.25, -0.2) is 0 Å². The van der Waals surface area contributed by atoms with E-state index in [4.69, 9.17) is 10.5 Å². The highest BCUT2D eigenvalue weighted by Crippen LogP contribution is 2.36. The zero-order chi connectivity index (χ0) is 12.3. The number of benzene rings is 1. The molecule has 1 aromatic heterocycles. The van der Waals surface area contributed by atoms with E-state index in [0.29, 0.717) is 0 Å². The molecule has 0 aliphatic carbocycles. The molecule has 2 nitrogen and oxygen atoms in total. The molecular formula is C13H14BrNOS. The van der Waals surface area contributed by atoms with Gasteiger partial charge in [0.25, 0.3) is 0 Å². The Labute approximate surface area is 114 Å². The molecule has 4 heteroatoms. The minimum atomic E-state index is -0.156. The minimum absolute atomic E-state index is 0.119. The molecule has 0 fully saturated rings. The lowest BCUT2D eigenvalue weighted by Crippen LogP contribution is -2.20. The van der Waals surface area contributed by atoms with Crippen LogP contribution in [0.15, 0.2) is 46.3 Å². The van der Waals surface area contributed by atoms with Crippen molar-refractivity contribution in [3.05, 3.63) is 56.7 Å². The molecule has 17 heavy (non-hydrogen) atoms. The summed E-state index contributed by atoms with van der Waals surface area (Å²) in [7, 11) is 1.69. The van der Waals surface area contributed by atoms with Gasteiger partial charge < -0.3 is 10.5 Å². The van der Waals surface area contributed by atoms with Crippen molar-refractivity contribution in [2.45, 2.75) is 12.1 Å². The van der Waals surface area contributed by atoms with E-state index in [2.05, 4.69) is 15.9 Å². The van der Waals surface area contributed by atoms with Crippen LogP contribution in [0.5, 0.6) is 0 Å². The van der Waals surface area contributed by atoms with Gasteiger partial charge in [-0.05, 0) is 32.9 Å². The molecule has 0 aliphatic rings. The van der Waals surface area contributed by atoms with E-state index in [1.165, 1.54) is 0 Å². The first-order chi connectivity index (χ1) is 8.24. The summed E-state index contributed by atoms with van der Waals surface area (Å²) in [6.45, 7) is 0. The normalized spacial score (nSPS) is 14.5. The topological polar surface area (TPSA) is 35.2 Å². The number of halogens is 1. The molecule has 2 atom stereocenters. The van der Waals surface area contributed by atoms with Gasteiger partial charge in [0.1, 0.15) is 6.10 Å². The SMILES string of the molecule is COC(c1ccccc1)C(N)c1sccc1Br. The second-order valence-electron chi connectivity index (χ2n) is 3.73. The fourth-order valence-corrected chi connectivity index (χ4v) is 3.48. The summed E-state index contributed by atoms with van der Waals surface area (Å²) in [6.07, 6.45) is -0.119. The maximum Gasteiger partial charge on any atom is 0.102 e. The number of thiophene rings is 1. The molecule has 0 saturated heterocycles. The Morgan fingerprint density at radius 1 is 1.24 bits per heavy atom. The maximum absolute atomic E-state index is 6.28. The highest BCUT2D eigenvalue weighted by molar-refractivity contribution is 9.10. The Kier molecular flexibility index (Phi) is 4.34. The van der Waals surface area contributed by atoms with Crippen molar-refractivity contribution in [3.8, 4) is 0 Å². The summed E-state index contributed by atoms with van der Waals surface area (Å²) >= 11 is 5.16. The second-order valence-corrected chi connectivity index (χ2v) is 5.53. The molecule has 0 bridgehead atoms. The number of hydrogen-bond donors (Lipinski definition) is 1. The monoisotopic (exact) mass is 311 g/mol. The van der Waals surface area contributed by atoms with E-state index in [9.17, 15) is 0 Å². The van der Waals surface area contributed by atoms with Gasteiger partial charge in [-0.2, -0.15) is 0 Å². The lowest BCUT2D eigenvalue weighted by molar-refractivity contribution is 0.0810. The fourth-order valence-electron chi connectivity index (χ4n) is 1.81. The summed E-state index contributed by atoms with van der Waals surface area (Å²) in [6, 6.07) is 11.9. The van der Waals surface area contributed by atoms with Crippen LogP contribution < -0.4 is 5.73 Å². The first-order valence-electron chi connectivity index (χ1n) is 5.30. The number of hydrogen-bond acceptors (Lipinski definition) is 3. The van der Waals surface area contributed by atoms with Gasteiger partial charge in [0.05, 0.1) is 6.04 Å². The van der Waals surface area contributed by atoms with Gasteiger partial charge in [0.15, 0.2) is 0 Å². The molecule has 0 spiro atoms. The van der Waals surface area contributed by atoms with Crippen molar-refractivity contribution in [2.75, 3.05) is 7.11 Å². The smallest absolute Gasteiger partial charge is 0.102 e. The van der Waals surface area contributed by atoms with Gasteiger partial charge in [0, 0.05) is 16.5 Å². The Morgan fingerprint density at radius 2 is 1.94 bits per heavy atom. The first kappa shape index (κ1) is 12.8. The number of ether oxygens (including phenoxy) is 1. The van der Waals surface area contributed by atoms with Gasteiger partial charge >= 0.3 is 0 Å². The molecule has 0 amide bonds. The van der Waals surface area contributed by atoms with Gasteiger partial charge in [-0.1, -0.05) is 30.3 Å². The summed E-state index contributed by atoms with van der Waals surface area (Å²) in [5, 5.41) is 2.02. The number of rotatable bonds is 4. The van der Waals surface area contributed by atoms with Crippen LogP contribution in [-0.4, -0.2) is 7.11 Å². The van der Waals surface area contributed by atoms with E-state index in [-0.39, 0.29) is 12.1 Å². The van der Waals surface area contributed by atoms with Crippen molar-refractivity contribution in [3.63, 3.8) is 0 Å². The van der Waals surface area contributed by atoms with Crippen LogP contribution in [0, 0.1) is 0 Å². The summed E-state index contributed by atoms with van der Waals surface area (Å²) in [5.41, 5.74) is 7.38. The van der Waals surface area contributed by atoms with Crippen LogP contribution in [0.1, 0.15) is 22.6 Å². The molecule has 0 saturated carbocycles. The molecule has 2 aromatic rings. The molecule has 0 radical (unpaired) electrons. The van der Waals surface area contributed by atoms with Gasteiger partial charge in [-0.3, -0.25) is 0 Å². The zero-order valence-corrected chi connectivity index (χ0v) is 11.9. The average molecular weight is 312 g/mol. The lowest BCUT2D eigenvalue weighted by atomic mass is 10.0. The third-order valence-electron chi connectivity index (χ3n) is 2.66. The third-order valence-corrected chi connectivity index (χ3v) is 4.63. The quantitative estimate of drug-likeness (QED) is 0.929. The summed E-state index contributed by atoms with van der Waals surface area (Å²) in [4.78, 5) is 1.11. The highest BCUT2D eigenvalue weighted by Gasteiger charge is 2.23. The Hall–Kier alpha value is -0.680. The molecule has 1 aromatic carbocycles. The Balaban J connectivity index is 2.28. The van der Waals surface area contributed by atoms with Crippen LogP contribution in [0.3, 0.4) is 0 Å². The first-order valence-corrected chi connectivity index (χ1v) is 6.97. The van der Waals surface area contributed by atoms with Crippen molar-refractivity contribution < 1.29 is 4.74 Å². The van der Waals surface area contributed by atoms with Crippen LogP contribution in [0.4, 0.5) is 0 Å². The summed E-state index contributed by atoms with van der Waals surface area (Å²) < 4.78 is 6.59. The summed E-state index contributed by atoms with van der Waals surface area (Å²) in [5.74, 6) is 0. The molecule has 1 heterocycles. The third kappa shape index (κ3) is 2.77. The van der Waals surface area contributed by atoms with E-state index < -0.39 is 0 Å². The van der Waals surface area contributed by atoms with Crippen LogP contribution in [0.2, 0.25) is 0 Å². The minimum Gasteiger partial charge on any atom is -0.375 e. The standard InChI is InChI=1S/C13H14BrNOS/c1-16-12(9-5-3-2-4-6-9)11(15)13-10(14)7-8-17-13/h2-8,11-12H,15H2,1H3. The molecule has 2 N–H and O–H groups in total. The van der Waals surface area contributed by atoms with Crippen LogP contribution in [0.25, 0.3) is 0 Å². The molecule has 90 valence electrons. The van der Waals surface area contributed by atoms with Crippen LogP contribution in [-0.2, 0) is 4.74 Å². The second kappa shape index (κ2) is 5.78. The molecule has 2 unspecified atom stereocenters. The molecule has 2 rings (SSSR count). The number of methoxy groups -OCH3 is 1. The zero-order valence-electron chi connectivity index (χ0n) is 9.47. The Bertz CT molecular complexity index is 471. The largest absolute Gasteiger partial charge is 0.375 e. The van der Waals surface area contributed by atoms with E-state index in [1.807, 2.05) is 41.8 Å². The van der Waals surface area contributed by atoms with Crippen LogP contribution >= 0.6 is 27.3 Å². The number of nitrogens with two attached hydrogens (primary N) is 1. The fraction of sp³-hybridized carbons (Fsp3) is 0.231. The van der Waals surface area contributed by atoms with E-state index in [0.717, 1.165) is 14.9 Å². The predicted molar refractivity (Wildman–Crippen MR) is 75.1 cm³/mol. The lowest BCUT2D eigenvalue weighted by Gasteiger charge is -2.22. The maximum atomic E-state index is 6.28. The van der Waals surface area contributed by atoms with Crippen molar-refractivity contribution >= 4 is 27.3 Å². The van der Waals surface area contributed by atoms with Crippen molar-refractivity contribution in [1.29, 1.82) is 0 Å². The van der Waals surface area contributed by atoms with E-state index in [1.54, 1.807) is 18.4 Å². The van der Waals surface area contributed by atoms with Crippen molar-refractivity contribution in [1.82, 2.24) is 0 Å². The van der Waals surface area contributed by atoms with Gasteiger partial charge in [-0.15, -0.1) is 11.3 Å². The van der Waals surface area contributed by atoms with E-state index >= 15 is 0 Å². The highest BCUT2D eigenvalue weighted by atomic mass is 79.9. The van der Waals surface area contributed by atoms with Crippen molar-refractivity contribution in [2.24, 2.45) is 5.73 Å². The Morgan fingerprint density at radius 3 is 2.47 bits per heavy atom. The predicted octanol–water partition coefficient (Wildman–Crippen LogP) is 3.90. The molecule has 0 aliphatic heterocycles. The average Bonchev–Trinajstić information content (AvgIpc) is 2.77. The molecular weight excluding hydrogens is 298 g/mol. The van der Waals surface area contributed by atoms with Gasteiger partial charge in [0.2, 0.25) is 0 Å².